The van der Waals surface area contributed by atoms with Gasteiger partial charge in [0, 0.05) is 19.2 Å². The summed E-state index contributed by atoms with van der Waals surface area (Å²) in [4.78, 5) is 0.277. The first-order chi connectivity index (χ1) is 11.6. The number of hydrogen-bond donors (Lipinski definition) is 1. The van der Waals surface area contributed by atoms with Crippen LogP contribution in [0.3, 0.4) is 0 Å². The predicted octanol–water partition coefficient (Wildman–Crippen LogP) is 1.71. The Hall–Kier alpha value is -1.31. The normalized spacial score (nSPS) is 24.6. The summed E-state index contributed by atoms with van der Waals surface area (Å²) in [6.45, 7) is 7.83. The van der Waals surface area contributed by atoms with Crippen molar-refractivity contribution in [1.29, 1.82) is 0 Å². The third-order valence-corrected chi connectivity index (χ3v) is 6.68. The highest BCUT2D eigenvalue weighted by atomic mass is 32.2. The molecule has 0 radical (unpaired) electrons. The SMILES string of the molecule is CCOc1ccc(S(=O)(=O)N2CCC3CNCC3C2)cc1OCC. The molecular formula is C17H26N2O4S. The van der Waals surface area contributed by atoms with E-state index in [-0.39, 0.29) is 4.90 Å². The van der Waals surface area contributed by atoms with Crippen molar-refractivity contribution >= 4 is 10.0 Å². The number of benzene rings is 1. The van der Waals surface area contributed by atoms with E-state index in [1.807, 2.05) is 13.8 Å². The summed E-state index contributed by atoms with van der Waals surface area (Å²) in [6, 6.07) is 4.88. The van der Waals surface area contributed by atoms with E-state index in [1.165, 1.54) is 0 Å². The molecule has 0 aliphatic carbocycles. The summed E-state index contributed by atoms with van der Waals surface area (Å²) >= 11 is 0. The molecule has 0 amide bonds. The average molecular weight is 354 g/mol. The number of hydrogen-bond acceptors (Lipinski definition) is 5. The molecule has 7 heteroatoms. The molecule has 0 spiro atoms. The maximum atomic E-state index is 13.0. The summed E-state index contributed by atoms with van der Waals surface area (Å²) < 4.78 is 38.7. The number of piperidine rings is 1. The molecule has 24 heavy (non-hydrogen) atoms. The van der Waals surface area contributed by atoms with Gasteiger partial charge < -0.3 is 14.8 Å². The molecule has 2 unspecified atom stereocenters. The first kappa shape index (κ1) is 17.5. The van der Waals surface area contributed by atoms with Crippen LogP contribution in [0.15, 0.2) is 23.1 Å². The average Bonchev–Trinajstić information content (AvgIpc) is 3.04. The largest absolute Gasteiger partial charge is 0.490 e. The van der Waals surface area contributed by atoms with Gasteiger partial charge in [-0.1, -0.05) is 0 Å². The van der Waals surface area contributed by atoms with Crippen LogP contribution in [0.4, 0.5) is 0 Å². The third-order valence-electron chi connectivity index (χ3n) is 4.82. The van der Waals surface area contributed by atoms with Crippen LogP contribution < -0.4 is 14.8 Å². The lowest BCUT2D eigenvalue weighted by Crippen LogP contribution is -2.43. The zero-order valence-corrected chi connectivity index (χ0v) is 15.1. The Morgan fingerprint density at radius 3 is 2.58 bits per heavy atom. The van der Waals surface area contributed by atoms with Gasteiger partial charge in [-0.05, 0) is 57.3 Å². The van der Waals surface area contributed by atoms with Crippen molar-refractivity contribution in [1.82, 2.24) is 9.62 Å². The van der Waals surface area contributed by atoms with Gasteiger partial charge >= 0.3 is 0 Å². The van der Waals surface area contributed by atoms with Crippen molar-refractivity contribution in [2.75, 3.05) is 39.4 Å². The number of fused-ring (bicyclic) bond motifs is 1. The van der Waals surface area contributed by atoms with Crippen molar-refractivity contribution < 1.29 is 17.9 Å². The first-order valence-corrected chi connectivity index (χ1v) is 10.1. The van der Waals surface area contributed by atoms with E-state index in [0.717, 1.165) is 19.5 Å². The van der Waals surface area contributed by atoms with Crippen LogP contribution in [0, 0.1) is 11.8 Å². The van der Waals surface area contributed by atoms with Gasteiger partial charge in [0.2, 0.25) is 10.0 Å². The Kier molecular flexibility index (Phi) is 5.32. The third kappa shape index (κ3) is 3.38. The first-order valence-electron chi connectivity index (χ1n) is 8.66. The second-order valence-electron chi connectivity index (χ2n) is 6.30. The van der Waals surface area contributed by atoms with E-state index >= 15 is 0 Å². The van der Waals surface area contributed by atoms with Gasteiger partial charge in [0.05, 0.1) is 18.1 Å². The molecule has 1 aromatic carbocycles. The second-order valence-corrected chi connectivity index (χ2v) is 8.24. The van der Waals surface area contributed by atoms with Crippen molar-refractivity contribution in [3.63, 3.8) is 0 Å². The molecule has 1 aromatic rings. The Morgan fingerprint density at radius 2 is 1.83 bits per heavy atom. The van der Waals surface area contributed by atoms with E-state index in [0.29, 0.717) is 49.6 Å². The van der Waals surface area contributed by atoms with Crippen LogP contribution in [-0.2, 0) is 10.0 Å². The second kappa shape index (κ2) is 7.29. The van der Waals surface area contributed by atoms with Gasteiger partial charge in [0.15, 0.2) is 11.5 Å². The van der Waals surface area contributed by atoms with Gasteiger partial charge in [-0.3, -0.25) is 0 Å². The molecule has 134 valence electrons. The molecule has 2 saturated heterocycles. The molecule has 0 bridgehead atoms. The fourth-order valence-electron chi connectivity index (χ4n) is 3.56. The topological polar surface area (TPSA) is 67.9 Å². The van der Waals surface area contributed by atoms with E-state index in [1.54, 1.807) is 22.5 Å². The zero-order chi connectivity index (χ0) is 17.2. The van der Waals surface area contributed by atoms with Crippen LogP contribution >= 0.6 is 0 Å². The highest BCUT2D eigenvalue weighted by Gasteiger charge is 2.37. The fraction of sp³-hybridized carbons (Fsp3) is 0.647. The molecule has 1 N–H and O–H groups in total. The highest BCUT2D eigenvalue weighted by Crippen LogP contribution is 2.34. The Morgan fingerprint density at radius 1 is 1.12 bits per heavy atom. The summed E-state index contributed by atoms with van der Waals surface area (Å²) in [5, 5.41) is 3.37. The molecule has 2 heterocycles. The van der Waals surface area contributed by atoms with Gasteiger partial charge in [-0.15, -0.1) is 0 Å². The Labute approximate surface area is 144 Å². The molecule has 2 aliphatic heterocycles. The van der Waals surface area contributed by atoms with Gasteiger partial charge in [-0.2, -0.15) is 4.31 Å². The molecule has 2 fully saturated rings. The molecule has 0 aromatic heterocycles. The van der Waals surface area contributed by atoms with Crippen molar-refractivity contribution in [3.8, 4) is 11.5 Å². The number of rotatable bonds is 6. The van der Waals surface area contributed by atoms with Gasteiger partial charge in [0.25, 0.3) is 0 Å². The summed E-state index contributed by atoms with van der Waals surface area (Å²) in [5.41, 5.74) is 0. The fourth-order valence-corrected chi connectivity index (χ4v) is 5.09. The minimum atomic E-state index is -3.50. The maximum absolute atomic E-state index is 13.0. The summed E-state index contributed by atoms with van der Waals surface area (Å²) in [5.74, 6) is 2.09. The number of nitrogens with one attached hydrogen (secondary N) is 1. The summed E-state index contributed by atoms with van der Waals surface area (Å²) in [6.07, 6.45) is 0.923. The van der Waals surface area contributed by atoms with Crippen LogP contribution in [0.5, 0.6) is 11.5 Å². The van der Waals surface area contributed by atoms with Crippen LogP contribution in [-0.4, -0.2) is 52.1 Å². The lowest BCUT2D eigenvalue weighted by molar-refractivity contribution is 0.227. The van der Waals surface area contributed by atoms with Gasteiger partial charge in [0.1, 0.15) is 0 Å². The van der Waals surface area contributed by atoms with E-state index < -0.39 is 10.0 Å². The minimum absolute atomic E-state index is 0.277. The molecule has 3 rings (SSSR count). The smallest absolute Gasteiger partial charge is 0.243 e. The minimum Gasteiger partial charge on any atom is -0.490 e. The lowest BCUT2D eigenvalue weighted by atomic mass is 9.90. The monoisotopic (exact) mass is 354 g/mol. The Balaban J connectivity index is 1.84. The summed E-state index contributed by atoms with van der Waals surface area (Å²) in [7, 11) is -3.50. The lowest BCUT2D eigenvalue weighted by Gasteiger charge is -2.33. The standard InChI is InChI=1S/C17H26N2O4S/c1-3-22-16-6-5-15(9-17(16)23-4-2)24(20,21)19-8-7-13-10-18-11-14(13)12-19/h5-6,9,13-14,18H,3-4,7-8,10-12H2,1-2H3. The van der Waals surface area contributed by atoms with E-state index in [4.69, 9.17) is 9.47 Å². The Bertz CT molecular complexity index is 677. The quantitative estimate of drug-likeness (QED) is 0.842. The van der Waals surface area contributed by atoms with Crippen LogP contribution in [0.2, 0.25) is 0 Å². The van der Waals surface area contributed by atoms with Crippen LogP contribution in [0.25, 0.3) is 0 Å². The number of ether oxygens (including phenoxy) is 2. The van der Waals surface area contributed by atoms with Crippen molar-refractivity contribution in [2.45, 2.75) is 25.2 Å². The van der Waals surface area contributed by atoms with Gasteiger partial charge in [-0.25, -0.2) is 8.42 Å². The zero-order valence-electron chi connectivity index (χ0n) is 14.3. The molecule has 2 atom stereocenters. The highest BCUT2D eigenvalue weighted by molar-refractivity contribution is 7.89. The van der Waals surface area contributed by atoms with Crippen molar-refractivity contribution in [3.05, 3.63) is 18.2 Å². The molecule has 0 saturated carbocycles. The van der Waals surface area contributed by atoms with Crippen LogP contribution in [0.1, 0.15) is 20.3 Å². The van der Waals surface area contributed by atoms with Crippen molar-refractivity contribution in [2.24, 2.45) is 11.8 Å². The number of sulfonamides is 1. The molecular weight excluding hydrogens is 328 g/mol. The molecule has 6 nitrogen and oxygen atoms in total. The predicted molar refractivity (Wildman–Crippen MR) is 92.0 cm³/mol. The van der Waals surface area contributed by atoms with E-state index in [9.17, 15) is 8.42 Å². The van der Waals surface area contributed by atoms with E-state index in [2.05, 4.69) is 5.32 Å². The molecule has 2 aliphatic rings. The maximum Gasteiger partial charge on any atom is 0.243 e. The number of nitrogens with zero attached hydrogens (tertiary/aromatic N) is 1.